The first-order valence-electron chi connectivity index (χ1n) is 13.4. The van der Waals surface area contributed by atoms with Crippen LogP contribution in [-0.4, -0.2) is 44.9 Å². The molecule has 40 heavy (non-hydrogen) atoms. The minimum absolute atomic E-state index is 0.0501. The van der Waals surface area contributed by atoms with E-state index < -0.39 is 17.3 Å². The fraction of sp³-hybridized carbons (Fsp3) is 0.394. The van der Waals surface area contributed by atoms with E-state index in [0.29, 0.717) is 35.0 Å². The predicted octanol–water partition coefficient (Wildman–Crippen LogP) is 6.83. The van der Waals surface area contributed by atoms with Gasteiger partial charge in [0, 0.05) is 12.0 Å². The molecular weight excluding hydrogens is 506 g/mol. The summed E-state index contributed by atoms with van der Waals surface area (Å²) in [6.45, 7) is 10.2. The predicted molar refractivity (Wildman–Crippen MR) is 159 cm³/mol. The van der Waals surface area contributed by atoms with Crippen LogP contribution >= 0.6 is 0 Å². The first-order chi connectivity index (χ1) is 18.9. The Morgan fingerprint density at radius 3 is 1.90 bits per heavy atom. The van der Waals surface area contributed by atoms with Crippen molar-refractivity contribution in [1.29, 1.82) is 0 Å². The highest BCUT2D eigenvalue weighted by Crippen LogP contribution is 2.39. The zero-order chi connectivity index (χ0) is 29.6. The van der Waals surface area contributed by atoms with Gasteiger partial charge in [0.1, 0.15) is 17.2 Å². The standard InChI is InChI=1S/C33H41NO6/c1-21(2)20-34(32(37)33(3,4)5)26-19-24(16-17-27(26)38-6)25(31(35)36)18-22-12-14-23(15-13-22)30-28(39-7)10-9-11-29(30)40-8/h9-17,19,21,25H,18,20H2,1-8H3,(H,35,36). The number of anilines is 1. The molecule has 0 heterocycles. The largest absolute Gasteiger partial charge is 0.496 e. The Morgan fingerprint density at radius 1 is 0.850 bits per heavy atom. The van der Waals surface area contributed by atoms with Gasteiger partial charge in [-0.25, -0.2) is 0 Å². The Bertz CT molecular complexity index is 1300. The summed E-state index contributed by atoms with van der Waals surface area (Å²) in [6.07, 6.45) is 0.280. The SMILES string of the molecule is COc1ccc(C(Cc2ccc(-c3c(OC)cccc3OC)cc2)C(=O)O)cc1N(CC(C)C)C(=O)C(C)(C)C. The normalized spacial score (nSPS) is 12.1. The Balaban J connectivity index is 2.00. The van der Waals surface area contributed by atoms with Gasteiger partial charge < -0.3 is 24.2 Å². The summed E-state index contributed by atoms with van der Waals surface area (Å²) in [6, 6.07) is 18.7. The maximum atomic E-state index is 13.5. The van der Waals surface area contributed by atoms with E-state index in [9.17, 15) is 14.7 Å². The molecule has 0 spiro atoms. The molecule has 0 aliphatic carbocycles. The molecule has 0 saturated carbocycles. The van der Waals surface area contributed by atoms with Crippen LogP contribution in [0.4, 0.5) is 5.69 Å². The zero-order valence-electron chi connectivity index (χ0n) is 24.8. The maximum Gasteiger partial charge on any atom is 0.311 e. The average Bonchev–Trinajstić information content (AvgIpc) is 2.93. The summed E-state index contributed by atoms with van der Waals surface area (Å²) < 4.78 is 16.7. The van der Waals surface area contributed by atoms with Gasteiger partial charge in [0.15, 0.2) is 0 Å². The molecule has 1 atom stereocenters. The molecule has 0 radical (unpaired) electrons. The molecule has 3 aromatic carbocycles. The van der Waals surface area contributed by atoms with Crippen molar-refractivity contribution < 1.29 is 28.9 Å². The van der Waals surface area contributed by atoms with Crippen molar-refractivity contribution in [1.82, 2.24) is 0 Å². The smallest absolute Gasteiger partial charge is 0.311 e. The van der Waals surface area contributed by atoms with E-state index in [1.165, 1.54) is 0 Å². The number of hydrogen-bond acceptors (Lipinski definition) is 5. The van der Waals surface area contributed by atoms with Crippen LogP contribution in [0.25, 0.3) is 11.1 Å². The van der Waals surface area contributed by atoms with E-state index in [1.54, 1.807) is 44.4 Å². The van der Waals surface area contributed by atoms with E-state index in [4.69, 9.17) is 14.2 Å². The van der Waals surface area contributed by atoms with E-state index in [0.717, 1.165) is 16.7 Å². The number of carbonyl (C=O) groups excluding carboxylic acids is 1. The van der Waals surface area contributed by atoms with Crippen molar-refractivity contribution >= 4 is 17.6 Å². The average molecular weight is 548 g/mol. The molecule has 0 aliphatic rings. The van der Waals surface area contributed by atoms with Crippen LogP contribution in [0.2, 0.25) is 0 Å². The fourth-order valence-corrected chi connectivity index (χ4v) is 4.72. The molecule has 1 unspecified atom stereocenters. The van der Waals surface area contributed by atoms with Gasteiger partial charge in [0.25, 0.3) is 0 Å². The van der Waals surface area contributed by atoms with E-state index in [2.05, 4.69) is 0 Å². The van der Waals surface area contributed by atoms with Crippen molar-refractivity contribution in [3.8, 4) is 28.4 Å². The topological polar surface area (TPSA) is 85.3 Å². The van der Waals surface area contributed by atoms with Gasteiger partial charge in [0.05, 0.1) is 38.5 Å². The second-order valence-corrected chi connectivity index (χ2v) is 11.3. The van der Waals surface area contributed by atoms with Gasteiger partial charge in [0.2, 0.25) is 5.91 Å². The third-order valence-electron chi connectivity index (χ3n) is 6.74. The Labute approximate surface area is 237 Å². The molecule has 214 valence electrons. The number of ether oxygens (including phenoxy) is 3. The molecule has 0 aromatic heterocycles. The van der Waals surface area contributed by atoms with Crippen LogP contribution in [0, 0.1) is 11.3 Å². The minimum atomic E-state index is -0.941. The third-order valence-corrected chi connectivity index (χ3v) is 6.74. The van der Waals surface area contributed by atoms with Gasteiger partial charge in [-0.3, -0.25) is 9.59 Å². The number of carboxylic acids is 1. The number of amides is 1. The van der Waals surface area contributed by atoms with Crippen molar-refractivity contribution in [3.05, 3.63) is 71.8 Å². The van der Waals surface area contributed by atoms with Gasteiger partial charge in [-0.15, -0.1) is 0 Å². The molecule has 7 heteroatoms. The molecule has 3 rings (SSSR count). The number of methoxy groups -OCH3 is 3. The molecule has 0 fully saturated rings. The lowest BCUT2D eigenvalue weighted by Crippen LogP contribution is -2.42. The molecule has 1 N–H and O–H groups in total. The molecular formula is C33H41NO6. The highest BCUT2D eigenvalue weighted by Gasteiger charge is 2.31. The third kappa shape index (κ3) is 6.95. The van der Waals surface area contributed by atoms with Crippen LogP contribution in [0.3, 0.4) is 0 Å². The van der Waals surface area contributed by atoms with Crippen molar-refractivity contribution in [2.45, 2.75) is 47.0 Å². The lowest BCUT2D eigenvalue weighted by Gasteiger charge is -2.32. The number of nitrogens with zero attached hydrogens (tertiary/aromatic N) is 1. The number of benzene rings is 3. The quantitative estimate of drug-likeness (QED) is 0.283. The summed E-state index contributed by atoms with van der Waals surface area (Å²) in [5.74, 6) is 0.308. The van der Waals surface area contributed by atoms with Crippen LogP contribution in [0.5, 0.6) is 17.2 Å². The highest BCUT2D eigenvalue weighted by molar-refractivity contribution is 5.98. The number of aliphatic carboxylic acids is 1. The number of rotatable bonds is 11. The molecule has 1 amide bonds. The van der Waals surface area contributed by atoms with Gasteiger partial charge in [-0.05, 0) is 53.3 Å². The summed E-state index contributed by atoms with van der Waals surface area (Å²) in [5, 5.41) is 10.3. The molecule has 0 bridgehead atoms. The number of hydrogen-bond donors (Lipinski definition) is 1. The first kappa shape index (κ1) is 30.5. The summed E-state index contributed by atoms with van der Waals surface area (Å²) in [7, 11) is 4.79. The summed E-state index contributed by atoms with van der Waals surface area (Å²) in [5.41, 5.74) is 3.18. The highest BCUT2D eigenvalue weighted by atomic mass is 16.5. The molecule has 3 aromatic rings. The second kappa shape index (κ2) is 12.9. The lowest BCUT2D eigenvalue weighted by atomic mass is 9.90. The lowest BCUT2D eigenvalue weighted by molar-refractivity contribution is -0.138. The Morgan fingerprint density at radius 2 is 1.43 bits per heavy atom. The van der Waals surface area contributed by atoms with Crippen molar-refractivity contribution in [2.24, 2.45) is 11.3 Å². The zero-order valence-corrected chi connectivity index (χ0v) is 24.8. The molecule has 0 saturated heterocycles. The minimum Gasteiger partial charge on any atom is -0.496 e. The summed E-state index contributed by atoms with van der Waals surface area (Å²) in [4.78, 5) is 27.7. The van der Waals surface area contributed by atoms with E-state index >= 15 is 0 Å². The van der Waals surface area contributed by atoms with Crippen molar-refractivity contribution in [3.63, 3.8) is 0 Å². The van der Waals surface area contributed by atoms with Crippen LogP contribution in [0.1, 0.15) is 51.7 Å². The Kier molecular flexibility index (Phi) is 9.85. The second-order valence-electron chi connectivity index (χ2n) is 11.3. The van der Waals surface area contributed by atoms with Gasteiger partial charge in [-0.2, -0.15) is 0 Å². The fourth-order valence-electron chi connectivity index (χ4n) is 4.72. The first-order valence-corrected chi connectivity index (χ1v) is 13.4. The molecule has 7 nitrogen and oxygen atoms in total. The summed E-state index contributed by atoms with van der Waals surface area (Å²) >= 11 is 0. The van der Waals surface area contributed by atoms with E-state index in [-0.39, 0.29) is 18.2 Å². The van der Waals surface area contributed by atoms with Crippen molar-refractivity contribution in [2.75, 3.05) is 32.8 Å². The number of carboxylic acid groups (broad SMARTS) is 1. The maximum absolute atomic E-state index is 13.5. The van der Waals surface area contributed by atoms with Crippen LogP contribution in [0.15, 0.2) is 60.7 Å². The number of carbonyl (C=O) groups is 2. The monoisotopic (exact) mass is 547 g/mol. The van der Waals surface area contributed by atoms with Crippen LogP contribution < -0.4 is 19.1 Å². The Hall–Kier alpha value is -4.00. The van der Waals surface area contributed by atoms with Gasteiger partial charge >= 0.3 is 5.97 Å². The van der Waals surface area contributed by atoms with E-state index in [1.807, 2.05) is 77.1 Å². The molecule has 0 aliphatic heterocycles. The van der Waals surface area contributed by atoms with Crippen LogP contribution in [-0.2, 0) is 16.0 Å². The van der Waals surface area contributed by atoms with Gasteiger partial charge in [-0.1, -0.05) is 71.0 Å².